The van der Waals surface area contributed by atoms with Crippen LogP contribution in [0.3, 0.4) is 0 Å². The van der Waals surface area contributed by atoms with E-state index in [4.69, 9.17) is 9.40 Å². The molecule has 0 aliphatic carbocycles. The Morgan fingerprint density at radius 2 is 1.60 bits per heavy atom. The first-order valence-electron chi connectivity index (χ1n) is 9.76. The highest BCUT2D eigenvalue weighted by molar-refractivity contribution is 8.00. The minimum absolute atomic E-state index is 0.0914. The van der Waals surface area contributed by atoms with Crippen LogP contribution >= 0.6 is 11.8 Å². The topological polar surface area (TPSA) is 55.1 Å². The van der Waals surface area contributed by atoms with Crippen LogP contribution in [0.1, 0.15) is 12.5 Å². The molecule has 1 aromatic heterocycles. The highest BCUT2D eigenvalue weighted by atomic mass is 32.2. The summed E-state index contributed by atoms with van der Waals surface area (Å²) in [5, 5.41) is 3.07. The lowest BCUT2D eigenvalue weighted by molar-refractivity contribution is -0.115. The second-order valence-electron chi connectivity index (χ2n) is 7.01. The van der Waals surface area contributed by atoms with E-state index in [1.165, 1.54) is 11.8 Å². The fourth-order valence-corrected chi connectivity index (χ4v) is 3.84. The summed E-state index contributed by atoms with van der Waals surface area (Å²) in [6.45, 7) is 3.85. The van der Waals surface area contributed by atoms with Crippen molar-refractivity contribution in [3.63, 3.8) is 0 Å². The smallest absolute Gasteiger partial charge is 0.257 e. The van der Waals surface area contributed by atoms with E-state index in [1.54, 1.807) is 0 Å². The van der Waals surface area contributed by atoms with Crippen LogP contribution in [0.25, 0.3) is 22.6 Å². The highest BCUT2D eigenvalue weighted by Gasteiger charge is 2.22. The Kier molecular flexibility index (Phi) is 6.00. The largest absolute Gasteiger partial charge is 0.431 e. The summed E-state index contributed by atoms with van der Waals surface area (Å²) in [6.07, 6.45) is 0. The summed E-state index contributed by atoms with van der Waals surface area (Å²) < 4.78 is 6.12. The van der Waals surface area contributed by atoms with Gasteiger partial charge in [0.25, 0.3) is 5.22 Å². The van der Waals surface area contributed by atoms with Gasteiger partial charge in [0.1, 0.15) is 5.69 Å². The number of hydrogen-bond acceptors (Lipinski definition) is 4. The zero-order valence-corrected chi connectivity index (χ0v) is 17.6. The van der Waals surface area contributed by atoms with Crippen molar-refractivity contribution in [2.45, 2.75) is 24.3 Å². The lowest BCUT2D eigenvalue weighted by atomic mass is 10.1. The average molecular weight is 415 g/mol. The van der Waals surface area contributed by atoms with Crippen molar-refractivity contribution in [1.29, 1.82) is 0 Å². The molecule has 0 aliphatic rings. The number of thioether (sulfide) groups is 1. The molecule has 0 fully saturated rings. The zero-order chi connectivity index (χ0) is 20.9. The molecule has 1 N–H and O–H groups in total. The predicted octanol–water partition coefficient (Wildman–Crippen LogP) is 6.44. The molecule has 0 saturated carbocycles. The van der Waals surface area contributed by atoms with Gasteiger partial charge in [-0.15, -0.1) is 0 Å². The van der Waals surface area contributed by atoms with E-state index >= 15 is 0 Å². The lowest BCUT2D eigenvalue weighted by Crippen LogP contribution is -2.22. The van der Waals surface area contributed by atoms with E-state index in [-0.39, 0.29) is 11.2 Å². The minimum Gasteiger partial charge on any atom is -0.431 e. The van der Waals surface area contributed by atoms with Crippen LogP contribution in [0.5, 0.6) is 0 Å². The molecule has 0 bridgehead atoms. The van der Waals surface area contributed by atoms with Crippen LogP contribution in [0.4, 0.5) is 5.69 Å². The van der Waals surface area contributed by atoms with Gasteiger partial charge in [0.05, 0.1) is 5.25 Å². The molecule has 1 heterocycles. The van der Waals surface area contributed by atoms with Crippen molar-refractivity contribution in [1.82, 2.24) is 4.98 Å². The molecule has 30 heavy (non-hydrogen) atoms. The number of carbonyl (C=O) groups excluding carboxylic acids is 1. The van der Waals surface area contributed by atoms with Gasteiger partial charge in [0.2, 0.25) is 5.91 Å². The summed E-state index contributed by atoms with van der Waals surface area (Å²) in [5.41, 5.74) is 4.59. The van der Waals surface area contributed by atoms with Crippen molar-refractivity contribution in [2.24, 2.45) is 0 Å². The Morgan fingerprint density at radius 3 is 2.27 bits per heavy atom. The molecular formula is C25H22N2O2S. The number of carbonyl (C=O) groups is 1. The van der Waals surface area contributed by atoms with Gasteiger partial charge in [0.15, 0.2) is 5.76 Å². The van der Waals surface area contributed by atoms with Gasteiger partial charge in [-0.05, 0) is 31.5 Å². The van der Waals surface area contributed by atoms with Crippen molar-refractivity contribution >= 4 is 23.4 Å². The third-order valence-corrected chi connectivity index (χ3v) is 5.57. The third-order valence-electron chi connectivity index (χ3n) is 4.62. The molecule has 4 nitrogen and oxygen atoms in total. The molecule has 4 rings (SSSR count). The summed E-state index contributed by atoms with van der Waals surface area (Å²) in [4.78, 5) is 17.4. The molecule has 1 amide bonds. The maximum Gasteiger partial charge on any atom is 0.257 e. The first-order chi connectivity index (χ1) is 14.6. The molecule has 0 unspecified atom stereocenters. The Labute approximate surface area is 180 Å². The van der Waals surface area contributed by atoms with E-state index in [9.17, 15) is 4.79 Å². The molecule has 0 aliphatic heterocycles. The predicted molar refractivity (Wildman–Crippen MR) is 123 cm³/mol. The SMILES string of the molecule is Cc1cccc(NC(=O)[C@H](C)Sc2nc(-c3ccccc3)c(-c3ccccc3)o2)c1. The number of amides is 1. The fourth-order valence-electron chi connectivity index (χ4n) is 3.10. The number of nitrogens with one attached hydrogen (secondary N) is 1. The van der Waals surface area contributed by atoms with Crippen molar-refractivity contribution < 1.29 is 9.21 Å². The summed E-state index contributed by atoms with van der Waals surface area (Å²) in [7, 11) is 0. The standard InChI is InChI=1S/C25H22N2O2S/c1-17-10-9-15-21(16-17)26-24(28)18(2)30-25-27-22(19-11-5-3-6-12-19)23(29-25)20-13-7-4-8-14-20/h3-16,18H,1-2H3,(H,26,28)/t18-/m0/s1. The van der Waals surface area contributed by atoms with E-state index < -0.39 is 0 Å². The monoisotopic (exact) mass is 414 g/mol. The molecule has 0 saturated heterocycles. The molecular weight excluding hydrogens is 392 g/mol. The summed E-state index contributed by atoms with van der Waals surface area (Å²) >= 11 is 1.31. The second kappa shape index (κ2) is 9.01. The lowest BCUT2D eigenvalue weighted by Gasteiger charge is -2.10. The Balaban J connectivity index is 1.58. The van der Waals surface area contributed by atoms with Crippen LogP contribution in [0.2, 0.25) is 0 Å². The number of aryl methyl sites for hydroxylation is 1. The number of oxazole rings is 1. The van der Waals surface area contributed by atoms with E-state index in [1.807, 2.05) is 98.8 Å². The molecule has 1 atom stereocenters. The number of rotatable bonds is 6. The summed E-state index contributed by atoms with van der Waals surface area (Å²) in [6, 6.07) is 27.6. The summed E-state index contributed by atoms with van der Waals surface area (Å²) in [5.74, 6) is 0.613. The van der Waals surface area contributed by atoms with Crippen LogP contribution in [-0.2, 0) is 4.79 Å². The van der Waals surface area contributed by atoms with Crippen molar-refractivity contribution in [2.75, 3.05) is 5.32 Å². The Morgan fingerprint density at radius 1 is 0.933 bits per heavy atom. The maximum absolute atomic E-state index is 12.7. The molecule has 0 radical (unpaired) electrons. The number of hydrogen-bond donors (Lipinski definition) is 1. The number of benzene rings is 3. The molecule has 5 heteroatoms. The van der Waals surface area contributed by atoms with Gasteiger partial charge >= 0.3 is 0 Å². The molecule has 150 valence electrons. The second-order valence-corrected chi connectivity index (χ2v) is 8.30. The van der Waals surface area contributed by atoms with Gasteiger partial charge in [-0.3, -0.25) is 4.79 Å². The number of nitrogens with zero attached hydrogens (tertiary/aromatic N) is 1. The third kappa shape index (κ3) is 4.63. The van der Waals surface area contributed by atoms with Gasteiger partial charge in [-0.25, -0.2) is 4.98 Å². The van der Waals surface area contributed by atoms with Crippen LogP contribution in [0, 0.1) is 6.92 Å². The minimum atomic E-state index is -0.364. The van der Waals surface area contributed by atoms with Gasteiger partial charge in [-0.1, -0.05) is 84.6 Å². The fraction of sp³-hybridized carbons (Fsp3) is 0.120. The highest BCUT2D eigenvalue weighted by Crippen LogP contribution is 2.36. The maximum atomic E-state index is 12.7. The van der Waals surface area contributed by atoms with Gasteiger partial charge in [-0.2, -0.15) is 0 Å². The molecule has 3 aromatic carbocycles. The first kappa shape index (κ1) is 20.0. The molecule has 4 aromatic rings. The van der Waals surface area contributed by atoms with E-state index in [2.05, 4.69) is 5.32 Å². The number of anilines is 1. The van der Waals surface area contributed by atoms with Crippen LogP contribution in [-0.4, -0.2) is 16.1 Å². The quantitative estimate of drug-likeness (QED) is 0.369. The van der Waals surface area contributed by atoms with Crippen LogP contribution < -0.4 is 5.32 Å². The number of aromatic nitrogens is 1. The van der Waals surface area contributed by atoms with Gasteiger partial charge < -0.3 is 9.73 Å². The molecule has 0 spiro atoms. The van der Waals surface area contributed by atoms with Crippen molar-refractivity contribution in [3.8, 4) is 22.6 Å². The Bertz CT molecular complexity index is 1080. The van der Waals surface area contributed by atoms with Crippen molar-refractivity contribution in [3.05, 3.63) is 90.5 Å². The first-order valence-corrected chi connectivity index (χ1v) is 10.6. The van der Waals surface area contributed by atoms with Gasteiger partial charge in [0, 0.05) is 16.8 Å². The Hall–Kier alpha value is -3.31. The van der Waals surface area contributed by atoms with Crippen LogP contribution in [0.15, 0.2) is 94.6 Å². The normalized spacial score (nSPS) is 11.8. The average Bonchev–Trinajstić information content (AvgIpc) is 3.19. The van der Waals surface area contributed by atoms with E-state index in [0.717, 1.165) is 28.1 Å². The zero-order valence-electron chi connectivity index (χ0n) is 16.8. The van der Waals surface area contributed by atoms with E-state index in [0.29, 0.717) is 11.0 Å².